The normalized spacial score (nSPS) is 11.6. The van der Waals surface area contributed by atoms with E-state index in [9.17, 15) is 0 Å². The van der Waals surface area contributed by atoms with Crippen LogP contribution in [0.5, 0.6) is 0 Å². The molecule has 1 heterocycles. The van der Waals surface area contributed by atoms with Gasteiger partial charge in [-0.05, 0) is 257 Å². The number of fused-ring (bicyclic) bond motifs is 11. The summed E-state index contributed by atoms with van der Waals surface area (Å²) in [5.41, 5.74) is 25.1. The fourth-order valence-corrected chi connectivity index (χ4v) is 18.6. The van der Waals surface area contributed by atoms with Crippen LogP contribution in [0.1, 0.15) is 0 Å². The molecule has 0 radical (unpaired) electrons. The first-order chi connectivity index (χ1) is 55.0. The lowest BCUT2D eigenvalue weighted by molar-refractivity contribution is 1.28. The first kappa shape index (κ1) is 65.1. The van der Waals surface area contributed by atoms with Gasteiger partial charge in [-0.1, -0.05) is 322 Å². The maximum Gasteiger partial charge on any atom is 0.0473 e. The molecule has 0 aliphatic rings. The Bertz CT molecular complexity index is 7220. The highest BCUT2D eigenvalue weighted by Gasteiger charge is 2.23. The van der Waals surface area contributed by atoms with Gasteiger partial charge in [0.15, 0.2) is 0 Å². The van der Waals surface area contributed by atoms with Crippen molar-refractivity contribution >= 4 is 130 Å². The fourth-order valence-electron chi connectivity index (χ4n) is 17.4. The molecule has 0 N–H and O–H groups in total. The molecule has 111 heavy (non-hydrogen) atoms. The summed E-state index contributed by atoms with van der Waals surface area (Å²) in [6.07, 6.45) is 0. The van der Waals surface area contributed by atoms with E-state index in [-0.39, 0.29) is 0 Å². The third-order valence-electron chi connectivity index (χ3n) is 22.5. The number of hydrogen-bond donors (Lipinski definition) is 0. The predicted octanol–water partition coefficient (Wildman–Crippen LogP) is 31.2. The summed E-state index contributed by atoms with van der Waals surface area (Å²) in [4.78, 5) is 4.90. The molecule has 3 heteroatoms. The van der Waals surface area contributed by atoms with Crippen LogP contribution in [-0.2, 0) is 0 Å². The number of thiophene rings is 1. The summed E-state index contributed by atoms with van der Waals surface area (Å²) in [7, 11) is 0. The van der Waals surface area contributed by atoms with Gasteiger partial charge in [0.2, 0.25) is 0 Å². The van der Waals surface area contributed by atoms with Crippen LogP contribution in [0.2, 0.25) is 0 Å². The summed E-state index contributed by atoms with van der Waals surface area (Å²) >= 11 is 1.88. The molecule has 21 aromatic rings. The maximum atomic E-state index is 2.47. The quantitative estimate of drug-likeness (QED) is 0.100. The smallest absolute Gasteiger partial charge is 0.0473 e. The summed E-state index contributed by atoms with van der Waals surface area (Å²) in [6, 6.07) is 157. The van der Waals surface area contributed by atoms with Gasteiger partial charge in [-0.15, -0.1) is 11.3 Å². The summed E-state index contributed by atoms with van der Waals surface area (Å²) in [5, 5.41) is 17.3. The Labute approximate surface area is 649 Å². The molecular weight excluding hydrogens is 1360 g/mol. The molecule has 518 valence electrons. The number of benzene rings is 20. The van der Waals surface area contributed by atoms with E-state index in [1.54, 1.807) is 0 Å². The van der Waals surface area contributed by atoms with E-state index >= 15 is 0 Å². The highest BCUT2D eigenvalue weighted by atomic mass is 32.1. The molecule has 0 amide bonds. The van der Waals surface area contributed by atoms with Crippen LogP contribution in [0.25, 0.3) is 174 Å². The first-order valence-electron chi connectivity index (χ1n) is 38.2. The highest BCUT2D eigenvalue weighted by Crippen LogP contribution is 2.49. The fraction of sp³-hybridized carbons (Fsp3) is 0. The minimum absolute atomic E-state index is 1.05. The van der Waals surface area contributed by atoms with Crippen LogP contribution in [-0.4, -0.2) is 0 Å². The monoisotopic (exact) mass is 1430 g/mol. The maximum absolute atomic E-state index is 2.47. The average Bonchev–Trinajstić information content (AvgIpc) is 1.60. The Morgan fingerprint density at radius 2 is 0.495 bits per heavy atom. The Hall–Kier alpha value is -14.2. The number of nitrogens with zero attached hydrogens (tertiary/aromatic N) is 2. The van der Waals surface area contributed by atoms with Gasteiger partial charge >= 0.3 is 0 Å². The summed E-state index contributed by atoms with van der Waals surface area (Å²) < 4.78 is 2.52. The first-order valence-corrected chi connectivity index (χ1v) is 39.0. The number of rotatable bonds is 14. The second kappa shape index (κ2) is 27.5. The van der Waals surface area contributed by atoms with Crippen molar-refractivity contribution in [3.63, 3.8) is 0 Å². The summed E-state index contributed by atoms with van der Waals surface area (Å²) in [5.74, 6) is 0. The zero-order valence-corrected chi connectivity index (χ0v) is 61.5. The van der Waals surface area contributed by atoms with Gasteiger partial charge in [0.05, 0.1) is 0 Å². The topological polar surface area (TPSA) is 6.48 Å². The number of anilines is 6. The molecule has 0 saturated heterocycles. The summed E-state index contributed by atoms with van der Waals surface area (Å²) in [6.45, 7) is 0. The molecule has 0 unspecified atom stereocenters. The van der Waals surface area contributed by atoms with Crippen LogP contribution < -0.4 is 9.80 Å². The molecule has 0 atom stereocenters. The predicted molar refractivity (Wildman–Crippen MR) is 477 cm³/mol. The molecule has 0 aliphatic carbocycles. The van der Waals surface area contributed by atoms with Gasteiger partial charge in [-0.2, -0.15) is 0 Å². The molecule has 20 aromatic carbocycles. The Morgan fingerprint density at radius 1 is 0.153 bits per heavy atom. The Morgan fingerprint density at radius 3 is 1.04 bits per heavy atom. The molecule has 1 aromatic heterocycles. The SMILES string of the molecule is c1ccc(-c2cc(-c3cccc(-c4cccc5sc6c(-c7ccc(N(c8cccc(-c9cccc%10ccccc9%10)c8)c8cccc(-c9cc%10ccccc%10c%10ccccc9%10)c8)cc7)cccc6c45)c3)cc(N(c3cccc(-c4cccc5ccccc45)c3)c3cccc(-c4cc5ccccc5c5ccccc45)c3)c2)cc1. The van der Waals surface area contributed by atoms with Crippen molar-refractivity contribution in [1.82, 2.24) is 0 Å². The minimum atomic E-state index is 1.05. The van der Waals surface area contributed by atoms with E-state index in [1.807, 2.05) is 11.3 Å². The van der Waals surface area contributed by atoms with Gasteiger partial charge in [0, 0.05) is 54.3 Å². The highest BCUT2D eigenvalue weighted by molar-refractivity contribution is 7.26. The van der Waals surface area contributed by atoms with Crippen molar-refractivity contribution in [3.8, 4) is 89.0 Å². The lowest BCUT2D eigenvalue weighted by Crippen LogP contribution is -2.10. The molecule has 0 spiro atoms. The van der Waals surface area contributed by atoms with Gasteiger partial charge in [0.25, 0.3) is 0 Å². The van der Waals surface area contributed by atoms with Crippen LogP contribution in [0, 0.1) is 0 Å². The third-order valence-corrected chi connectivity index (χ3v) is 23.7. The van der Waals surface area contributed by atoms with E-state index in [1.165, 1.54) is 124 Å². The molecule has 0 bridgehead atoms. The molecular formula is C108H70N2S. The van der Waals surface area contributed by atoms with Gasteiger partial charge < -0.3 is 9.80 Å². The second-order valence-corrected chi connectivity index (χ2v) is 30.1. The molecule has 21 rings (SSSR count). The van der Waals surface area contributed by atoms with Crippen molar-refractivity contribution in [3.05, 3.63) is 425 Å². The van der Waals surface area contributed by atoms with Crippen molar-refractivity contribution in [2.24, 2.45) is 0 Å². The average molecular weight is 1430 g/mol. The zero-order chi connectivity index (χ0) is 73.3. The zero-order valence-electron chi connectivity index (χ0n) is 60.7. The van der Waals surface area contributed by atoms with Gasteiger partial charge in [-0.3, -0.25) is 0 Å². The van der Waals surface area contributed by atoms with E-state index in [4.69, 9.17) is 0 Å². The van der Waals surface area contributed by atoms with Gasteiger partial charge in [-0.25, -0.2) is 0 Å². The van der Waals surface area contributed by atoms with Crippen molar-refractivity contribution in [2.45, 2.75) is 0 Å². The molecule has 0 saturated carbocycles. The van der Waals surface area contributed by atoms with E-state index in [0.29, 0.717) is 0 Å². The largest absolute Gasteiger partial charge is 0.310 e. The molecule has 0 fully saturated rings. The van der Waals surface area contributed by atoms with Crippen LogP contribution >= 0.6 is 11.3 Å². The van der Waals surface area contributed by atoms with Crippen molar-refractivity contribution in [2.75, 3.05) is 9.80 Å². The van der Waals surface area contributed by atoms with Crippen LogP contribution in [0.4, 0.5) is 34.1 Å². The molecule has 2 nitrogen and oxygen atoms in total. The minimum Gasteiger partial charge on any atom is -0.310 e. The Kier molecular flexibility index (Phi) is 16.1. The molecule has 0 aliphatic heterocycles. The van der Waals surface area contributed by atoms with E-state index < -0.39 is 0 Å². The Balaban J connectivity index is 0.674. The van der Waals surface area contributed by atoms with Crippen LogP contribution in [0.3, 0.4) is 0 Å². The van der Waals surface area contributed by atoms with Gasteiger partial charge in [0.1, 0.15) is 0 Å². The third kappa shape index (κ3) is 11.7. The standard InChI is InChI=1S/C108H70N2S/c1-2-25-71(26-3-1)83-62-84(68-90(67-83)110(88-41-18-36-78(64-88)94-52-22-32-73-28-5-9-44-92(73)94)89-42-20-38-80(66-89)105-70-82-30-7-11-46-96(82)100-48-13-15-50-102(100)105)75-33-16-34-76(61-75)97-53-24-56-106-107(97)103-55-23-54-98(108(103)111-106)74-57-59-85(60-58-74)109(86-39-17-35-77(63-86)93-51-21-31-72-27-4-8-43-91(72)93)87-40-19-37-79(65-87)104-69-81-29-6-10-45-95(81)99-47-12-14-49-101(99)104/h1-70H. The van der Waals surface area contributed by atoms with E-state index in [0.717, 1.165) is 84.2 Å². The second-order valence-electron chi connectivity index (χ2n) is 29.0. The lowest BCUT2D eigenvalue weighted by atomic mass is 9.92. The van der Waals surface area contributed by atoms with Crippen molar-refractivity contribution < 1.29 is 0 Å². The van der Waals surface area contributed by atoms with E-state index in [2.05, 4.69) is 434 Å². The lowest BCUT2D eigenvalue weighted by Gasteiger charge is -2.28. The van der Waals surface area contributed by atoms with Crippen LogP contribution in [0.15, 0.2) is 425 Å². The number of hydrogen-bond acceptors (Lipinski definition) is 3. The van der Waals surface area contributed by atoms with Crippen molar-refractivity contribution in [1.29, 1.82) is 0 Å².